The number of fused-ring (bicyclic) bond motifs is 6. The van der Waals surface area contributed by atoms with E-state index in [9.17, 15) is 0 Å². The third-order valence-electron chi connectivity index (χ3n) is 9.48. The van der Waals surface area contributed by atoms with Gasteiger partial charge in [-0.3, -0.25) is 4.57 Å². The molecule has 0 aliphatic heterocycles. The van der Waals surface area contributed by atoms with Crippen molar-refractivity contribution in [3.8, 4) is 51.0 Å². The number of furan rings is 1. The van der Waals surface area contributed by atoms with E-state index in [0.717, 1.165) is 77.1 Å². The molecule has 10 aromatic rings. The summed E-state index contributed by atoms with van der Waals surface area (Å²) in [6.07, 6.45) is 0. The lowest BCUT2D eigenvalue weighted by atomic mass is 9.99. The maximum atomic E-state index is 6.67. The topological polar surface area (TPSA) is 56.7 Å². The highest BCUT2D eigenvalue weighted by molar-refractivity contribution is 6.15. The lowest BCUT2D eigenvalue weighted by Gasteiger charge is -2.11. The normalized spacial score (nSPS) is 11.6. The highest BCUT2D eigenvalue weighted by Gasteiger charge is 2.21. The number of hydrogen-bond donors (Lipinski definition) is 0. The average molecular weight is 641 g/mol. The van der Waals surface area contributed by atoms with Crippen molar-refractivity contribution in [3.05, 3.63) is 170 Å². The van der Waals surface area contributed by atoms with E-state index in [1.165, 1.54) is 0 Å². The quantitative estimate of drug-likeness (QED) is 0.188. The molecule has 0 spiro atoms. The summed E-state index contributed by atoms with van der Waals surface area (Å²) in [5.74, 6) is 1.68. The Morgan fingerprint density at radius 1 is 0.400 bits per heavy atom. The van der Waals surface area contributed by atoms with Crippen molar-refractivity contribution in [2.24, 2.45) is 0 Å². The Morgan fingerprint density at radius 2 is 1.02 bits per heavy atom. The van der Waals surface area contributed by atoms with E-state index < -0.39 is 0 Å². The highest BCUT2D eigenvalue weighted by Crippen LogP contribution is 2.41. The van der Waals surface area contributed by atoms with E-state index in [0.29, 0.717) is 17.6 Å². The summed E-state index contributed by atoms with van der Waals surface area (Å²) >= 11 is 0. The molecule has 0 amide bonds. The van der Waals surface area contributed by atoms with Crippen LogP contribution in [0.5, 0.6) is 0 Å². The Morgan fingerprint density at radius 3 is 1.82 bits per heavy atom. The Balaban J connectivity index is 1.26. The van der Waals surface area contributed by atoms with Crippen molar-refractivity contribution in [2.75, 3.05) is 0 Å². The van der Waals surface area contributed by atoms with Crippen LogP contribution in [0, 0.1) is 0 Å². The van der Waals surface area contributed by atoms with Gasteiger partial charge in [-0.15, -0.1) is 0 Å². The minimum Gasteiger partial charge on any atom is -0.455 e. The number of para-hydroxylation sites is 2. The fourth-order valence-corrected chi connectivity index (χ4v) is 7.18. The molecule has 3 aromatic heterocycles. The van der Waals surface area contributed by atoms with E-state index in [1.54, 1.807) is 0 Å². The minimum atomic E-state index is 0.545. The van der Waals surface area contributed by atoms with Crippen LogP contribution in [0.15, 0.2) is 174 Å². The second-order valence-corrected chi connectivity index (χ2v) is 12.4. The van der Waals surface area contributed by atoms with Gasteiger partial charge in [-0.25, -0.2) is 4.98 Å². The van der Waals surface area contributed by atoms with Gasteiger partial charge in [0.25, 0.3) is 0 Å². The summed E-state index contributed by atoms with van der Waals surface area (Å²) in [5.41, 5.74) is 9.88. The number of aromatic nitrogens is 4. The van der Waals surface area contributed by atoms with Crippen molar-refractivity contribution in [2.45, 2.75) is 0 Å². The molecule has 0 bridgehead atoms. The first-order chi connectivity index (χ1) is 24.8. The van der Waals surface area contributed by atoms with Gasteiger partial charge >= 0.3 is 0 Å². The van der Waals surface area contributed by atoms with Gasteiger partial charge in [-0.1, -0.05) is 146 Å². The predicted molar refractivity (Wildman–Crippen MR) is 203 cm³/mol. The molecule has 0 atom stereocenters. The van der Waals surface area contributed by atoms with Crippen LogP contribution in [0.2, 0.25) is 0 Å². The second kappa shape index (κ2) is 11.4. The van der Waals surface area contributed by atoms with Gasteiger partial charge < -0.3 is 4.42 Å². The van der Waals surface area contributed by atoms with E-state index >= 15 is 0 Å². The van der Waals surface area contributed by atoms with Gasteiger partial charge in [0.15, 0.2) is 11.6 Å². The van der Waals surface area contributed by atoms with Crippen LogP contribution in [0.25, 0.3) is 94.7 Å². The van der Waals surface area contributed by atoms with Gasteiger partial charge in [0.2, 0.25) is 5.95 Å². The fraction of sp³-hybridized carbons (Fsp3) is 0. The van der Waals surface area contributed by atoms with Crippen molar-refractivity contribution < 1.29 is 4.42 Å². The Labute approximate surface area is 287 Å². The molecule has 10 rings (SSSR count). The van der Waals surface area contributed by atoms with Crippen molar-refractivity contribution in [1.29, 1.82) is 0 Å². The van der Waals surface area contributed by atoms with E-state index in [2.05, 4.69) is 114 Å². The average Bonchev–Trinajstić information content (AvgIpc) is 3.74. The molecule has 0 saturated carbocycles. The van der Waals surface area contributed by atoms with Crippen LogP contribution in [0.1, 0.15) is 0 Å². The Kier molecular flexibility index (Phi) is 6.42. The van der Waals surface area contributed by atoms with Crippen LogP contribution in [0.3, 0.4) is 0 Å². The maximum absolute atomic E-state index is 6.67. The van der Waals surface area contributed by atoms with Gasteiger partial charge in [0.1, 0.15) is 11.2 Å². The molecule has 7 aromatic carbocycles. The number of nitrogens with zero attached hydrogens (tertiary/aromatic N) is 4. The Hall–Kier alpha value is -6.85. The molecule has 0 N–H and O–H groups in total. The standard InChI is InChI=1S/C45H28N4O/c1-4-14-29(15-5-1)32-26-27-35-34-20-10-11-24-38(34)49(39(35)28-32)45-47-43(31-18-8-3-9-19-31)46-44(48-45)37-23-12-22-36-41-33(30-16-6-2-7-17-30)21-13-25-40(41)50-42(36)37/h1-28H. The maximum Gasteiger partial charge on any atom is 0.238 e. The number of rotatable bonds is 5. The summed E-state index contributed by atoms with van der Waals surface area (Å²) in [6, 6.07) is 58.5. The summed E-state index contributed by atoms with van der Waals surface area (Å²) in [7, 11) is 0. The van der Waals surface area contributed by atoms with E-state index in [1.807, 2.05) is 60.7 Å². The van der Waals surface area contributed by atoms with E-state index in [4.69, 9.17) is 19.4 Å². The summed E-state index contributed by atoms with van der Waals surface area (Å²) in [4.78, 5) is 15.5. The minimum absolute atomic E-state index is 0.545. The molecule has 0 aliphatic rings. The SMILES string of the molecule is c1ccc(-c2ccc3c4ccccc4n(-c4nc(-c5ccccc5)nc(-c5cccc6c5oc5cccc(-c7ccccc7)c56)n4)c3c2)cc1. The third-order valence-corrected chi connectivity index (χ3v) is 9.48. The van der Waals surface area contributed by atoms with Crippen LogP contribution in [-0.2, 0) is 0 Å². The van der Waals surface area contributed by atoms with Crippen molar-refractivity contribution in [1.82, 2.24) is 19.5 Å². The molecule has 3 heterocycles. The van der Waals surface area contributed by atoms with Gasteiger partial charge in [-0.2, -0.15) is 9.97 Å². The predicted octanol–water partition coefficient (Wildman–Crippen LogP) is 11.5. The zero-order valence-electron chi connectivity index (χ0n) is 26.9. The summed E-state index contributed by atoms with van der Waals surface area (Å²) in [6.45, 7) is 0. The lowest BCUT2D eigenvalue weighted by Crippen LogP contribution is -2.06. The van der Waals surface area contributed by atoms with Crippen LogP contribution in [0.4, 0.5) is 0 Å². The molecule has 0 radical (unpaired) electrons. The fourth-order valence-electron chi connectivity index (χ4n) is 7.18. The Bertz CT molecular complexity index is 2860. The molecular formula is C45H28N4O. The van der Waals surface area contributed by atoms with Crippen LogP contribution < -0.4 is 0 Å². The molecule has 50 heavy (non-hydrogen) atoms. The first-order valence-electron chi connectivity index (χ1n) is 16.7. The van der Waals surface area contributed by atoms with Gasteiger partial charge in [-0.05, 0) is 46.5 Å². The monoisotopic (exact) mass is 640 g/mol. The third kappa shape index (κ3) is 4.52. The summed E-state index contributed by atoms with van der Waals surface area (Å²) < 4.78 is 8.84. The second-order valence-electron chi connectivity index (χ2n) is 12.4. The van der Waals surface area contributed by atoms with Gasteiger partial charge in [0.05, 0.1) is 16.6 Å². The van der Waals surface area contributed by atoms with Crippen LogP contribution >= 0.6 is 0 Å². The molecule has 234 valence electrons. The van der Waals surface area contributed by atoms with Crippen LogP contribution in [-0.4, -0.2) is 19.5 Å². The number of benzene rings is 7. The first-order valence-corrected chi connectivity index (χ1v) is 16.7. The molecule has 0 unspecified atom stereocenters. The molecule has 5 nitrogen and oxygen atoms in total. The largest absolute Gasteiger partial charge is 0.455 e. The zero-order chi connectivity index (χ0) is 33.0. The smallest absolute Gasteiger partial charge is 0.238 e. The van der Waals surface area contributed by atoms with E-state index in [-0.39, 0.29) is 0 Å². The molecule has 0 fully saturated rings. The molecule has 0 saturated heterocycles. The highest BCUT2D eigenvalue weighted by atomic mass is 16.3. The molecular weight excluding hydrogens is 613 g/mol. The number of hydrogen-bond acceptors (Lipinski definition) is 4. The lowest BCUT2D eigenvalue weighted by molar-refractivity contribution is 0.669. The molecule has 0 aliphatic carbocycles. The zero-order valence-corrected chi connectivity index (χ0v) is 26.9. The van der Waals surface area contributed by atoms with Crippen molar-refractivity contribution in [3.63, 3.8) is 0 Å². The van der Waals surface area contributed by atoms with Crippen molar-refractivity contribution >= 4 is 43.7 Å². The molecule has 5 heteroatoms. The summed E-state index contributed by atoms with van der Waals surface area (Å²) in [5, 5.41) is 4.36. The van der Waals surface area contributed by atoms with Gasteiger partial charge in [0, 0.05) is 27.1 Å². The first kappa shape index (κ1) is 28.2.